The summed E-state index contributed by atoms with van der Waals surface area (Å²) in [5.74, 6) is -0.0727. The van der Waals surface area contributed by atoms with Crippen LogP contribution in [0.1, 0.15) is 34.2 Å². The second kappa shape index (κ2) is 6.95. The SMILES string of the molecule is CCN(CC#N)C(=O)c1cc(C)n(Cc2ccccc2)c1C. The van der Waals surface area contributed by atoms with Gasteiger partial charge in [-0.15, -0.1) is 0 Å². The monoisotopic (exact) mass is 295 g/mol. The quantitative estimate of drug-likeness (QED) is 0.796. The Bertz CT molecular complexity index is 695. The number of hydrogen-bond donors (Lipinski definition) is 0. The van der Waals surface area contributed by atoms with Crippen molar-refractivity contribution in [3.63, 3.8) is 0 Å². The smallest absolute Gasteiger partial charge is 0.256 e. The van der Waals surface area contributed by atoms with Crippen LogP contribution in [0, 0.1) is 25.2 Å². The Morgan fingerprint density at radius 2 is 1.95 bits per heavy atom. The molecule has 2 aromatic rings. The summed E-state index contributed by atoms with van der Waals surface area (Å²) in [6.45, 7) is 7.26. The van der Waals surface area contributed by atoms with Gasteiger partial charge < -0.3 is 9.47 Å². The molecule has 0 saturated heterocycles. The third-order valence-electron chi connectivity index (χ3n) is 3.92. The van der Waals surface area contributed by atoms with Gasteiger partial charge >= 0.3 is 0 Å². The molecule has 0 saturated carbocycles. The summed E-state index contributed by atoms with van der Waals surface area (Å²) >= 11 is 0. The minimum Gasteiger partial charge on any atom is -0.344 e. The van der Waals surface area contributed by atoms with Crippen LogP contribution in [0.15, 0.2) is 36.4 Å². The molecule has 0 atom stereocenters. The lowest BCUT2D eigenvalue weighted by atomic mass is 10.2. The van der Waals surface area contributed by atoms with Gasteiger partial charge in [-0.3, -0.25) is 4.79 Å². The standard InChI is InChI=1S/C18H21N3O/c1-4-20(11-10-19)18(22)17-12-14(2)21(15(17)3)13-16-8-6-5-7-9-16/h5-9,12H,4,11,13H2,1-3H3. The Balaban J connectivity index is 2.31. The van der Waals surface area contributed by atoms with E-state index >= 15 is 0 Å². The molecule has 0 aliphatic heterocycles. The summed E-state index contributed by atoms with van der Waals surface area (Å²) in [7, 11) is 0. The van der Waals surface area contributed by atoms with Crippen molar-refractivity contribution < 1.29 is 4.79 Å². The number of aryl methyl sites for hydroxylation is 1. The molecule has 0 unspecified atom stereocenters. The van der Waals surface area contributed by atoms with Crippen LogP contribution in [-0.2, 0) is 6.54 Å². The molecule has 0 aliphatic rings. The zero-order chi connectivity index (χ0) is 16.1. The molecule has 0 fully saturated rings. The Hall–Kier alpha value is -2.54. The molecular weight excluding hydrogens is 274 g/mol. The van der Waals surface area contributed by atoms with Crippen molar-refractivity contribution in [2.75, 3.05) is 13.1 Å². The first-order valence-corrected chi connectivity index (χ1v) is 7.45. The number of nitriles is 1. The van der Waals surface area contributed by atoms with Crippen molar-refractivity contribution in [3.8, 4) is 6.07 Å². The summed E-state index contributed by atoms with van der Waals surface area (Å²) in [4.78, 5) is 14.1. The molecule has 1 aromatic carbocycles. The minimum atomic E-state index is -0.0727. The molecule has 0 spiro atoms. The summed E-state index contributed by atoms with van der Waals surface area (Å²) in [6, 6.07) is 14.1. The van der Waals surface area contributed by atoms with Gasteiger partial charge in [-0.25, -0.2) is 0 Å². The van der Waals surface area contributed by atoms with Crippen LogP contribution in [0.5, 0.6) is 0 Å². The topological polar surface area (TPSA) is 49.0 Å². The van der Waals surface area contributed by atoms with Crippen LogP contribution in [0.25, 0.3) is 0 Å². The minimum absolute atomic E-state index is 0.0727. The maximum Gasteiger partial charge on any atom is 0.256 e. The van der Waals surface area contributed by atoms with E-state index in [1.54, 1.807) is 4.90 Å². The molecule has 1 aromatic heterocycles. The fourth-order valence-electron chi connectivity index (χ4n) is 2.61. The molecule has 2 rings (SSSR count). The number of benzene rings is 1. The summed E-state index contributed by atoms with van der Waals surface area (Å²) in [5.41, 5.74) is 3.89. The number of amides is 1. The lowest BCUT2D eigenvalue weighted by Gasteiger charge is -2.17. The Labute approximate surface area is 131 Å². The van der Waals surface area contributed by atoms with E-state index < -0.39 is 0 Å². The fourth-order valence-corrected chi connectivity index (χ4v) is 2.61. The van der Waals surface area contributed by atoms with E-state index in [1.807, 2.05) is 51.1 Å². The summed E-state index contributed by atoms with van der Waals surface area (Å²) in [6.07, 6.45) is 0. The van der Waals surface area contributed by atoms with E-state index in [-0.39, 0.29) is 12.5 Å². The molecule has 0 bridgehead atoms. The van der Waals surface area contributed by atoms with Gasteiger partial charge in [0.05, 0.1) is 11.6 Å². The van der Waals surface area contributed by atoms with E-state index in [4.69, 9.17) is 5.26 Å². The number of carbonyl (C=O) groups is 1. The molecule has 0 radical (unpaired) electrons. The fraction of sp³-hybridized carbons (Fsp3) is 0.333. The molecule has 1 amide bonds. The number of carbonyl (C=O) groups excluding carboxylic acids is 1. The number of rotatable bonds is 5. The lowest BCUT2D eigenvalue weighted by Crippen LogP contribution is -2.31. The number of nitrogens with zero attached hydrogens (tertiary/aromatic N) is 3. The highest BCUT2D eigenvalue weighted by Crippen LogP contribution is 2.19. The van der Waals surface area contributed by atoms with Gasteiger partial charge in [-0.2, -0.15) is 5.26 Å². The number of aromatic nitrogens is 1. The highest BCUT2D eigenvalue weighted by Gasteiger charge is 2.20. The number of hydrogen-bond acceptors (Lipinski definition) is 2. The first kappa shape index (κ1) is 15.8. The van der Waals surface area contributed by atoms with E-state index in [1.165, 1.54) is 5.56 Å². The van der Waals surface area contributed by atoms with Gasteiger partial charge in [0.15, 0.2) is 0 Å². The predicted octanol–water partition coefficient (Wildman–Crippen LogP) is 3.14. The van der Waals surface area contributed by atoms with Crippen molar-refractivity contribution in [3.05, 3.63) is 58.9 Å². The normalized spacial score (nSPS) is 10.3. The molecule has 0 N–H and O–H groups in total. The highest BCUT2D eigenvalue weighted by molar-refractivity contribution is 5.95. The summed E-state index contributed by atoms with van der Waals surface area (Å²) in [5, 5.41) is 8.84. The van der Waals surface area contributed by atoms with Gasteiger partial charge in [0, 0.05) is 24.5 Å². The second-order valence-corrected chi connectivity index (χ2v) is 5.33. The Morgan fingerprint density at radius 3 is 2.55 bits per heavy atom. The first-order valence-electron chi connectivity index (χ1n) is 7.45. The average molecular weight is 295 g/mol. The highest BCUT2D eigenvalue weighted by atomic mass is 16.2. The van der Waals surface area contributed by atoms with Crippen LogP contribution < -0.4 is 0 Å². The third kappa shape index (κ3) is 3.20. The zero-order valence-corrected chi connectivity index (χ0v) is 13.3. The molecule has 1 heterocycles. The van der Waals surface area contributed by atoms with Crippen molar-refractivity contribution in [2.24, 2.45) is 0 Å². The van der Waals surface area contributed by atoms with E-state index in [2.05, 4.69) is 16.7 Å². The van der Waals surface area contributed by atoms with Crippen LogP contribution in [0.2, 0.25) is 0 Å². The van der Waals surface area contributed by atoms with Crippen molar-refractivity contribution in [1.29, 1.82) is 5.26 Å². The maximum absolute atomic E-state index is 12.6. The summed E-state index contributed by atoms with van der Waals surface area (Å²) < 4.78 is 2.14. The van der Waals surface area contributed by atoms with E-state index in [0.717, 1.165) is 17.9 Å². The van der Waals surface area contributed by atoms with Crippen LogP contribution in [0.3, 0.4) is 0 Å². The Morgan fingerprint density at radius 1 is 1.27 bits per heavy atom. The van der Waals surface area contributed by atoms with Crippen LogP contribution >= 0.6 is 0 Å². The molecule has 22 heavy (non-hydrogen) atoms. The van der Waals surface area contributed by atoms with Gasteiger partial charge in [0.1, 0.15) is 6.54 Å². The lowest BCUT2D eigenvalue weighted by molar-refractivity contribution is 0.0783. The zero-order valence-electron chi connectivity index (χ0n) is 13.3. The first-order chi connectivity index (χ1) is 10.6. The van der Waals surface area contributed by atoms with Crippen molar-refractivity contribution >= 4 is 5.91 Å². The van der Waals surface area contributed by atoms with Gasteiger partial charge in [-0.1, -0.05) is 30.3 Å². The second-order valence-electron chi connectivity index (χ2n) is 5.33. The third-order valence-corrected chi connectivity index (χ3v) is 3.92. The van der Waals surface area contributed by atoms with Crippen molar-refractivity contribution in [2.45, 2.75) is 27.3 Å². The van der Waals surface area contributed by atoms with Crippen molar-refractivity contribution in [1.82, 2.24) is 9.47 Å². The Kier molecular flexibility index (Phi) is 5.00. The molecule has 0 aliphatic carbocycles. The van der Waals surface area contributed by atoms with Crippen LogP contribution in [0.4, 0.5) is 0 Å². The van der Waals surface area contributed by atoms with E-state index in [0.29, 0.717) is 12.1 Å². The van der Waals surface area contributed by atoms with E-state index in [9.17, 15) is 4.79 Å². The largest absolute Gasteiger partial charge is 0.344 e. The van der Waals surface area contributed by atoms with Gasteiger partial charge in [0.25, 0.3) is 5.91 Å². The van der Waals surface area contributed by atoms with Gasteiger partial charge in [-0.05, 0) is 32.4 Å². The molecule has 4 heteroatoms. The average Bonchev–Trinajstić information content (AvgIpc) is 2.81. The maximum atomic E-state index is 12.6. The predicted molar refractivity (Wildman–Crippen MR) is 86.6 cm³/mol. The van der Waals surface area contributed by atoms with Gasteiger partial charge in [0.2, 0.25) is 0 Å². The molecular formula is C18H21N3O. The molecule has 4 nitrogen and oxygen atoms in total. The molecule has 114 valence electrons. The van der Waals surface area contributed by atoms with Crippen LogP contribution in [-0.4, -0.2) is 28.5 Å².